The Bertz CT molecular complexity index is 495. The zero-order chi connectivity index (χ0) is 13.1. The van der Waals surface area contributed by atoms with Crippen LogP contribution in [0.5, 0.6) is 0 Å². The van der Waals surface area contributed by atoms with E-state index >= 15 is 0 Å². The van der Waals surface area contributed by atoms with Gasteiger partial charge >= 0.3 is 0 Å². The third-order valence-corrected chi connectivity index (χ3v) is 4.09. The molecule has 0 bridgehead atoms. The summed E-state index contributed by atoms with van der Waals surface area (Å²) in [6.45, 7) is 2.01. The summed E-state index contributed by atoms with van der Waals surface area (Å²) in [6.07, 6.45) is 5.51. The molecule has 1 heterocycles. The Kier molecular flexibility index (Phi) is 3.69. The molecule has 0 amide bonds. The van der Waals surface area contributed by atoms with E-state index in [4.69, 9.17) is 0 Å². The zero-order valence-electron chi connectivity index (χ0n) is 11.5. The zero-order valence-corrected chi connectivity index (χ0v) is 11.5. The molecule has 2 aromatic rings. The molecule has 3 rings (SSSR count). The van der Waals surface area contributed by atoms with Crippen molar-refractivity contribution in [2.24, 2.45) is 0 Å². The van der Waals surface area contributed by atoms with Gasteiger partial charge in [-0.15, -0.1) is 0 Å². The number of para-hydroxylation sites is 2. The number of aromatic nitrogens is 2. The molecule has 102 valence electrons. The van der Waals surface area contributed by atoms with Crippen molar-refractivity contribution in [2.45, 2.75) is 31.7 Å². The molecule has 1 aliphatic carbocycles. The van der Waals surface area contributed by atoms with Gasteiger partial charge in [-0.2, -0.15) is 0 Å². The van der Waals surface area contributed by atoms with Crippen molar-refractivity contribution < 1.29 is 0 Å². The summed E-state index contributed by atoms with van der Waals surface area (Å²) < 4.78 is 0. The van der Waals surface area contributed by atoms with Crippen LogP contribution < -0.4 is 5.32 Å². The topological polar surface area (TPSA) is 44.0 Å². The maximum absolute atomic E-state index is 4.52. The molecule has 4 nitrogen and oxygen atoms in total. The molecule has 0 saturated heterocycles. The first kappa shape index (κ1) is 12.5. The molecular weight excluding hydrogens is 236 g/mol. The minimum atomic E-state index is 0.789. The molecule has 1 aliphatic rings. The summed E-state index contributed by atoms with van der Waals surface area (Å²) in [7, 11) is 2.23. The van der Waals surface area contributed by atoms with Crippen molar-refractivity contribution in [3.05, 3.63) is 24.3 Å². The first-order valence-electron chi connectivity index (χ1n) is 7.22. The number of rotatable bonds is 5. The maximum atomic E-state index is 4.52. The van der Waals surface area contributed by atoms with Gasteiger partial charge in [-0.05, 0) is 32.0 Å². The SMILES string of the molecule is CN(CCNc1nc2ccccc2[nH]1)C1CCCC1. The fourth-order valence-electron chi connectivity index (χ4n) is 2.91. The highest BCUT2D eigenvalue weighted by Gasteiger charge is 2.18. The molecule has 1 aromatic carbocycles. The number of likely N-dealkylation sites (N-methyl/N-ethyl adjacent to an activating group) is 1. The number of H-pyrrole nitrogens is 1. The highest BCUT2D eigenvalue weighted by molar-refractivity contribution is 5.77. The summed E-state index contributed by atoms with van der Waals surface area (Å²) in [4.78, 5) is 10.3. The third kappa shape index (κ3) is 2.89. The molecule has 0 spiro atoms. The van der Waals surface area contributed by atoms with Gasteiger partial charge in [0.1, 0.15) is 0 Å². The lowest BCUT2D eigenvalue weighted by atomic mass is 10.2. The van der Waals surface area contributed by atoms with Gasteiger partial charge in [-0.1, -0.05) is 25.0 Å². The molecular formula is C15H22N4. The number of aromatic amines is 1. The smallest absolute Gasteiger partial charge is 0.201 e. The number of fused-ring (bicyclic) bond motifs is 1. The van der Waals surface area contributed by atoms with Gasteiger partial charge in [0.05, 0.1) is 11.0 Å². The van der Waals surface area contributed by atoms with Gasteiger partial charge in [-0.25, -0.2) is 4.98 Å². The number of anilines is 1. The van der Waals surface area contributed by atoms with Crippen LogP contribution in [0.15, 0.2) is 24.3 Å². The average molecular weight is 258 g/mol. The second-order valence-corrected chi connectivity index (χ2v) is 5.45. The molecule has 2 N–H and O–H groups in total. The molecule has 0 unspecified atom stereocenters. The maximum Gasteiger partial charge on any atom is 0.201 e. The van der Waals surface area contributed by atoms with Gasteiger partial charge in [0.2, 0.25) is 5.95 Å². The van der Waals surface area contributed by atoms with Crippen LogP contribution >= 0.6 is 0 Å². The van der Waals surface area contributed by atoms with E-state index in [1.165, 1.54) is 25.7 Å². The lowest BCUT2D eigenvalue weighted by Gasteiger charge is -2.23. The van der Waals surface area contributed by atoms with Crippen molar-refractivity contribution >= 4 is 17.0 Å². The molecule has 1 fully saturated rings. The van der Waals surface area contributed by atoms with E-state index in [2.05, 4.69) is 33.3 Å². The number of imidazole rings is 1. The predicted molar refractivity (Wildman–Crippen MR) is 79.5 cm³/mol. The van der Waals surface area contributed by atoms with E-state index in [0.717, 1.165) is 36.1 Å². The van der Waals surface area contributed by atoms with Crippen molar-refractivity contribution in [2.75, 3.05) is 25.5 Å². The summed E-state index contributed by atoms with van der Waals surface area (Å²) in [5.74, 6) is 0.876. The van der Waals surface area contributed by atoms with Crippen molar-refractivity contribution in [1.29, 1.82) is 0 Å². The van der Waals surface area contributed by atoms with E-state index < -0.39 is 0 Å². The Morgan fingerprint density at radius 3 is 2.89 bits per heavy atom. The number of hydrogen-bond donors (Lipinski definition) is 2. The first-order valence-corrected chi connectivity index (χ1v) is 7.22. The summed E-state index contributed by atoms with van der Waals surface area (Å²) >= 11 is 0. The Balaban J connectivity index is 1.51. The molecule has 1 saturated carbocycles. The summed E-state index contributed by atoms with van der Waals surface area (Å²) in [6, 6.07) is 8.91. The molecule has 1 aromatic heterocycles. The van der Waals surface area contributed by atoms with Crippen LogP contribution in [0, 0.1) is 0 Å². The normalized spacial score (nSPS) is 16.5. The third-order valence-electron chi connectivity index (χ3n) is 4.09. The van der Waals surface area contributed by atoms with Gasteiger partial charge in [-0.3, -0.25) is 0 Å². The van der Waals surface area contributed by atoms with Crippen LogP contribution in [0.1, 0.15) is 25.7 Å². The molecule has 0 atom stereocenters. The van der Waals surface area contributed by atoms with E-state index in [1.807, 2.05) is 18.2 Å². The van der Waals surface area contributed by atoms with Gasteiger partial charge in [0.25, 0.3) is 0 Å². The first-order chi connectivity index (χ1) is 9.33. The van der Waals surface area contributed by atoms with E-state index in [-0.39, 0.29) is 0 Å². The van der Waals surface area contributed by atoms with Crippen LogP contribution in [0.4, 0.5) is 5.95 Å². The quantitative estimate of drug-likeness (QED) is 0.866. The van der Waals surface area contributed by atoms with Crippen LogP contribution in [0.25, 0.3) is 11.0 Å². The second kappa shape index (κ2) is 5.61. The van der Waals surface area contributed by atoms with Gasteiger partial charge < -0.3 is 15.2 Å². The van der Waals surface area contributed by atoms with Gasteiger partial charge in [0.15, 0.2) is 0 Å². The van der Waals surface area contributed by atoms with E-state index in [0.29, 0.717) is 0 Å². The lowest BCUT2D eigenvalue weighted by molar-refractivity contribution is 0.254. The van der Waals surface area contributed by atoms with Crippen LogP contribution in [-0.2, 0) is 0 Å². The standard InChI is InChI=1S/C15H22N4/c1-19(12-6-2-3-7-12)11-10-16-15-17-13-8-4-5-9-14(13)18-15/h4-5,8-9,12H,2-3,6-7,10-11H2,1H3,(H2,16,17,18). The van der Waals surface area contributed by atoms with Crippen LogP contribution in [-0.4, -0.2) is 41.0 Å². The fraction of sp³-hybridized carbons (Fsp3) is 0.533. The number of benzene rings is 1. The van der Waals surface area contributed by atoms with Crippen molar-refractivity contribution in [1.82, 2.24) is 14.9 Å². The Morgan fingerprint density at radius 2 is 2.11 bits per heavy atom. The lowest BCUT2D eigenvalue weighted by Crippen LogP contribution is -2.33. The Hall–Kier alpha value is -1.55. The second-order valence-electron chi connectivity index (χ2n) is 5.45. The van der Waals surface area contributed by atoms with Crippen LogP contribution in [0.2, 0.25) is 0 Å². The fourth-order valence-corrected chi connectivity index (χ4v) is 2.91. The monoisotopic (exact) mass is 258 g/mol. The average Bonchev–Trinajstić information content (AvgIpc) is 3.07. The Morgan fingerprint density at radius 1 is 1.32 bits per heavy atom. The van der Waals surface area contributed by atoms with Crippen molar-refractivity contribution in [3.8, 4) is 0 Å². The minimum Gasteiger partial charge on any atom is -0.355 e. The molecule has 4 heteroatoms. The molecule has 19 heavy (non-hydrogen) atoms. The highest BCUT2D eigenvalue weighted by Crippen LogP contribution is 2.22. The van der Waals surface area contributed by atoms with Gasteiger partial charge in [0, 0.05) is 19.1 Å². The van der Waals surface area contributed by atoms with E-state index in [1.54, 1.807) is 0 Å². The number of nitrogens with one attached hydrogen (secondary N) is 2. The summed E-state index contributed by atoms with van der Waals surface area (Å²) in [5.41, 5.74) is 2.11. The number of hydrogen-bond acceptors (Lipinski definition) is 3. The summed E-state index contributed by atoms with van der Waals surface area (Å²) in [5, 5.41) is 3.38. The van der Waals surface area contributed by atoms with Crippen LogP contribution in [0.3, 0.4) is 0 Å². The van der Waals surface area contributed by atoms with Crippen molar-refractivity contribution in [3.63, 3.8) is 0 Å². The molecule has 0 radical (unpaired) electrons. The largest absolute Gasteiger partial charge is 0.355 e. The predicted octanol–water partition coefficient (Wildman–Crippen LogP) is 2.85. The minimum absolute atomic E-state index is 0.789. The molecule has 0 aliphatic heterocycles. The van der Waals surface area contributed by atoms with E-state index in [9.17, 15) is 0 Å². The number of nitrogens with zero attached hydrogens (tertiary/aromatic N) is 2. The Labute approximate surface area is 114 Å². The highest BCUT2D eigenvalue weighted by atomic mass is 15.2.